The molecule has 156 valence electrons. The van der Waals surface area contributed by atoms with Crippen LogP contribution in [0.5, 0.6) is 0 Å². The molecule has 4 rings (SSSR count). The van der Waals surface area contributed by atoms with Crippen molar-refractivity contribution >= 4 is 33.2 Å². The predicted octanol–water partition coefficient (Wildman–Crippen LogP) is 3.56. The summed E-state index contributed by atoms with van der Waals surface area (Å²) in [6, 6.07) is 4.87. The number of dihydropyridines is 1. The van der Waals surface area contributed by atoms with Crippen molar-refractivity contribution in [2.75, 3.05) is 13.6 Å². The number of piperidine rings is 1. The number of rotatable bonds is 5. The van der Waals surface area contributed by atoms with Gasteiger partial charge < -0.3 is 15.5 Å². The van der Waals surface area contributed by atoms with Gasteiger partial charge in [-0.1, -0.05) is 6.08 Å². The van der Waals surface area contributed by atoms with E-state index >= 15 is 0 Å². The fourth-order valence-electron chi connectivity index (χ4n) is 3.72. The SMILES string of the molecule is Cc1c(CCN(C)C(=O)/C=C/C2=CNC3NC(=O)CCC3=C2)sc2ccc(F)cc12. The topological polar surface area (TPSA) is 61.4 Å². The molecule has 2 aliphatic rings. The Labute approximate surface area is 178 Å². The Morgan fingerprint density at radius 3 is 3.03 bits per heavy atom. The van der Waals surface area contributed by atoms with E-state index in [1.807, 2.05) is 25.3 Å². The average Bonchev–Trinajstić information content (AvgIpc) is 3.05. The molecule has 1 aromatic carbocycles. The molecule has 1 unspecified atom stereocenters. The number of allylic oxidation sites excluding steroid dienone is 3. The molecule has 0 bridgehead atoms. The fourth-order valence-corrected chi connectivity index (χ4v) is 4.90. The number of halogens is 1. The predicted molar refractivity (Wildman–Crippen MR) is 117 cm³/mol. The Bertz CT molecular complexity index is 1100. The molecule has 3 heterocycles. The van der Waals surface area contributed by atoms with Crippen LogP contribution in [0.3, 0.4) is 0 Å². The van der Waals surface area contributed by atoms with Crippen molar-refractivity contribution in [2.24, 2.45) is 0 Å². The van der Waals surface area contributed by atoms with Crippen molar-refractivity contribution in [1.29, 1.82) is 0 Å². The second-order valence-corrected chi connectivity index (χ2v) is 8.80. The molecule has 1 atom stereocenters. The van der Waals surface area contributed by atoms with Crippen LogP contribution in [-0.2, 0) is 16.0 Å². The first-order valence-corrected chi connectivity index (χ1v) is 10.8. The third-order valence-corrected chi connectivity index (χ3v) is 6.88. The van der Waals surface area contributed by atoms with Crippen molar-refractivity contribution in [3.8, 4) is 0 Å². The number of nitrogens with one attached hydrogen (secondary N) is 2. The molecule has 2 N–H and O–H groups in total. The number of nitrogens with zero attached hydrogens (tertiary/aromatic N) is 1. The summed E-state index contributed by atoms with van der Waals surface area (Å²) >= 11 is 1.66. The minimum atomic E-state index is -0.226. The molecule has 1 fully saturated rings. The number of carbonyl (C=O) groups excluding carboxylic acids is 2. The number of hydrogen-bond donors (Lipinski definition) is 2. The quantitative estimate of drug-likeness (QED) is 0.720. The van der Waals surface area contributed by atoms with E-state index in [0.29, 0.717) is 13.0 Å². The van der Waals surface area contributed by atoms with Crippen LogP contribution < -0.4 is 10.6 Å². The van der Waals surface area contributed by atoms with E-state index in [0.717, 1.165) is 39.6 Å². The second kappa shape index (κ2) is 8.44. The van der Waals surface area contributed by atoms with E-state index in [9.17, 15) is 14.0 Å². The van der Waals surface area contributed by atoms with Gasteiger partial charge >= 0.3 is 0 Å². The van der Waals surface area contributed by atoms with Gasteiger partial charge in [0.2, 0.25) is 11.8 Å². The van der Waals surface area contributed by atoms with Gasteiger partial charge in [-0.15, -0.1) is 11.3 Å². The number of likely N-dealkylation sites (N-methyl/N-ethyl adjacent to an activating group) is 1. The maximum Gasteiger partial charge on any atom is 0.246 e. The summed E-state index contributed by atoms with van der Waals surface area (Å²) < 4.78 is 14.6. The molecule has 5 nitrogen and oxygen atoms in total. The molecule has 0 spiro atoms. The zero-order chi connectivity index (χ0) is 21.3. The summed E-state index contributed by atoms with van der Waals surface area (Å²) in [5.74, 6) is -0.248. The number of fused-ring (bicyclic) bond motifs is 2. The summed E-state index contributed by atoms with van der Waals surface area (Å²) in [6.45, 7) is 2.60. The number of hydrogen-bond acceptors (Lipinski definition) is 4. The summed E-state index contributed by atoms with van der Waals surface area (Å²) in [7, 11) is 1.79. The molecule has 0 saturated carbocycles. The van der Waals surface area contributed by atoms with Crippen LogP contribution in [-0.4, -0.2) is 36.5 Å². The minimum Gasteiger partial charge on any atom is -0.367 e. The molecule has 2 amide bonds. The van der Waals surface area contributed by atoms with E-state index in [1.165, 1.54) is 10.9 Å². The summed E-state index contributed by atoms with van der Waals surface area (Å²) in [4.78, 5) is 26.8. The van der Waals surface area contributed by atoms with Gasteiger partial charge in [-0.3, -0.25) is 9.59 Å². The summed E-state index contributed by atoms with van der Waals surface area (Å²) in [6.07, 6.45) is 9.00. The number of amides is 2. The van der Waals surface area contributed by atoms with Gasteiger partial charge in [-0.2, -0.15) is 0 Å². The molecule has 2 aromatic rings. The van der Waals surface area contributed by atoms with Crippen molar-refractivity contribution in [3.05, 3.63) is 70.0 Å². The maximum atomic E-state index is 13.5. The van der Waals surface area contributed by atoms with E-state index in [-0.39, 0.29) is 23.8 Å². The Morgan fingerprint density at radius 2 is 2.20 bits per heavy atom. The minimum absolute atomic E-state index is 0.0489. The molecular formula is C23H24FN3O2S. The zero-order valence-electron chi connectivity index (χ0n) is 17.0. The molecule has 7 heteroatoms. The first-order chi connectivity index (χ1) is 14.4. The normalized spacial score (nSPS) is 18.5. The molecule has 2 aliphatic heterocycles. The molecule has 30 heavy (non-hydrogen) atoms. The highest BCUT2D eigenvalue weighted by Gasteiger charge is 2.24. The van der Waals surface area contributed by atoms with Crippen LogP contribution in [0.4, 0.5) is 4.39 Å². The first-order valence-electron chi connectivity index (χ1n) is 9.97. The van der Waals surface area contributed by atoms with Crippen molar-refractivity contribution < 1.29 is 14.0 Å². The molecule has 1 aromatic heterocycles. The largest absolute Gasteiger partial charge is 0.367 e. The fraction of sp³-hybridized carbons (Fsp3) is 0.304. The highest BCUT2D eigenvalue weighted by Crippen LogP contribution is 2.31. The van der Waals surface area contributed by atoms with E-state index < -0.39 is 0 Å². The lowest BCUT2D eigenvalue weighted by molar-refractivity contribution is -0.125. The lowest BCUT2D eigenvalue weighted by atomic mass is 9.97. The Kier molecular flexibility index (Phi) is 5.72. The van der Waals surface area contributed by atoms with E-state index in [4.69, 9.17) is 0 Å². The molecule has 0 aliphatic carbocycles. The number of thiophene rings is 1. The highest BCUT2D eigenvalue weighted by atomic mass is 32.1. The highest BCUT2D eigenvalue weighted by molar-refractivity contribution is 7.19. The zero-order valence-corrected chi connectivity index (χ0v) is 17.8. The van der Waals surface area contributed by atoms with Gasteiger partial charge in [-0.25, -0.2) is 4.39 Å². The molecule has 0 radical (unpaired) electrons. The van der Waals surface area contributed by atoms with E-state index in [2.05, 4.69) is 10.6 Å². The smallest absolute Gasteiger partial charge is 0.246 e. The van der Waals surface area contributed by atoms with Crippen LogP contribution in [0.15, 0.2) is 53.8 Å². The van der Waals surface area contributed by atoms with Gasteiger partial charge in [-0.05, 0) is 66.1 Å². The van der Waals surface area contributed by atoms with Crippen LogP contribution in [0.25, 0.3) is 10.1 Å². The lowest BCUT2D eigenvalue weighted by Crippen LogP contribution is -2.48. The van der Waals surface area contributed by atoms with Crippen LogP contribution >= 0.6 is 11.3 Å². The number of benzene rings is 1. The third kappa shape index (κ3) is 4.31. The standard InChI is InChI=1S/C23H24FN3O2S/c1-14-18-12-17(24)5-6-20(18)30-19(14)9-10-27(2)22(29)8-3-15-11-16-4-7-21(28)26-23(16)25-13-15/h3,5-6,8,11-13,23,25H,4,7,9-10H2,1-2H3,(H,26,28)/b8-3+. The van der Waals surface area contributed by atoms with Crippen LogP contribution in [0, 0.1) is 12.7 Å². The first kappa shape index (κ1) is 20.3. The van der Waals surface area contributed by atoms with Crippen molar-refractivity contribution in [2.45, 2.75) is 32.4 Å². The maximum absolute atomic E-state index is 13.5. The lowest BCUT2D eigenvalue weighted by Gasteiger charge is -2.29. The van der Waals surface area contributed by atoms with E-state index in [1.54, 1.807) is 41.5 Å². The number of aryl methyl sites for hydroxylation is 1. The molecular weight excluding hydrogens is 401 g/mol. The van der Waals surface area contributed by atoms with Gasteiger partial charge in [0, 0.05) is 41.9 Å². The summed E-state index contributed by atoms with van der Waals surface area (Å²) in [5, 5.41) is 7.00. The van der Waals surface area contributed by atoms with Crippen LogP contribution in [0.1, 0.15) is 23.3 Å². The van der Waals surface area contributed by atoms with Crippen LogP contribution in [0.2, 0.25) is 0 Å². The van der Waals surface area contributed by atoms with Crippen molar-refractivity contribution in [1.82, 2.24) is 15.5 Å². The average molecular weight is 426 g/mol. The third-order valence-electron chi connectivity index (χ3n) is 5.55. The van der Waals surface area contributed by atoms with Crippen molar-refractivity contribution in [3.63, 3.8) is 0 Å². The van der Waals surface area contributed by atoms with Gasteiger partial charge in [0.25, 0.3) is 0 Å². The van der Waals surface area contributed by atoms with Gasteiger partial charge in [0.05, 0.1) is 0 Å². The Hall–Kier alpha value is -2.93. The monoisotopic (exact) mass is 425 g/mol. The Balaban J connectivity index is 1.35. The Morgan fingerprint density at radius 1 is 1.37 bits per heavy atom. The number of carbonyl (C=O) groups is 2. The van der Waals surface area contributed by atoms with Gasteiger partial charge in [0.15, 0.2) is 0 Å². The van der Waals surface area contributed by atoms with Gasteiger partial charge in [0.1, 0.15) is 12.0 Å². The second-order valence-electron chi connectivity index (χ2n) is 7.66. The summed E-state index contributed by atoms with van der Waals surface area (Å²) in [5.41, 5.74) is 3.11. The molecule has 1 saturated heterocycles.